The van der Waals surface area contributed by atoms with Gasteiger partial charge in [0, 0.05) is 0 Å². The molecule has 4 aromatic carbocycles. The van der Waals surface area contributed by atoms with Gasteiger partial charge >= 0.3 is 214 Å². The first-order valence-corrected chi connectivity index (χ1v) is 15.8. The summed E-state index contributed by atoms with van der Waals surface area (Å²) in [4.78, 5) is 5.41. The number of hydrogen-bond donors (Lipinski definition) is 0. The fraction of sp³-hybridized carbons (Fsp3) is 0. The molecule has 6 aromatic rings. The van der Waals surface area contributed by atoms with E-state index in [-0.39, 0.29) is 6.98 Å². The molecular formula is C28H17BN2Te2. The first kappa shape index (κ1) is 19.0. The molecule has 0 fully saturated rings. The molecule has 2 aliphatic heterocycles. The fourth-order valence-electron chi connectivity index (χ4n) is 5.52. The number of rotatable bonds is 1. The average molecular weight is 647 g/mol. The van der Waals surface area contributed by atoms with Crippen LogP contribution in [0, 0.1) is 0 Å². The monoisotopic (exact) mass is 652 g/mol. The minimum absolute atomic E-state index is 0.260. The Morgan fingerprint density at radius 1 is 0.576 bits per heavy atom. The van der Waals surface area contributed by atoms with Crippen LogP contribution in [0.25, 0.3) is 28.7 Å². The van der Waals surface area contributed by atoms with Crippen molar-refractivity contribution in [3.63, 3.8) is 0 Å². The normalized spacial score (nSPS) is 13.9. The van der Waals surface area contributed by atoms with Gasteiger partial charge in [-0.15, -0.1) is 0 Å². The van der Waals surface area contributed by atoms with Gasteiger partial charge in [-0.2, -0.15) is 0 Å². The van der Waals surface area contributed by atoms with Crippen molar-refractivity contribution in [1.29, 1.82) is 0 Å². The van der Waals surface area contributed by atoms with E-state index in [9.17, 15) is 0 Å². The van der Waals surface area contributed by atoms with Gasteiger partial charge in [-0.3, -0.25) is 0 Å². The van der Waals surface area contributed by atoms with E-state index in [1.165, 1.54) is 39.0 Å². The van der Waals surface area contributed by atoms with Crippen LogP contribution in [-0.2, 0) is 0 Å². The van der Waals surface area contributed by atoms with Gasteiger partial charge in [0.1, 0.15) is 0 Å². The van der Waals surface area contributed by atoms with Crippen molar-refractivity contribution in [3.05, 3.63) is 103 Å². The predicted molar refractivity (Wildman–Crippen MR) is 143 cm³/mol. The van der Waals surface area contributed by atoms with E-state index in [0.29, 0.717) is 0 Å². The quantitative estimate of drug-likeness (QED) is 0.209. The van der Waals surface area contributed by atoms with E-state index in [4.69, 9.17) is 0 Å². The Morgan fingerprint density at radius 3 is 2.09 bits per heavy atom. The molecule has 0 bridgehead atoms. The van der Waals surface area contributed by atoms with E-state index in [2.05, 4.69) is 113 Å². The summed E-state index contributed by atoms with van der Waals surface area (Å²) in [5.74, 6) is 0. The molecule has 2 aromatic heterocycles. The molecule has 4 heterocycles. The SMILES string of the molecule is c1ccc(N2B3c4[te]c5ccccc5c4-c4ccccc4N3c3[te]c4ccccc4c32)cc1. The summed E-state index contributed by atoms with van der Waals surface area (Å²) in [6.45, 7) is 0.260. The van der Waals surface area contributed by atoms with Gasteiger partial charge in [-0.1, -0.05) is 0 Å². The van der Waals surface area contributed by atoms with Crippen molar-refractivity contribution < 1.29 is 0 Å². The summed E-state index contributed by atoms with van der Waals surface area (Å²) in [5.41, 5.74) is 7.08. The Bertz CT molecular complexity index is 1700. The summed E-state index contributed by atoms with van der Waals surface area (Å²) < 4.78 is 6.40. The zero-order valence-electron chi connectivity index (χ0n) is 17.6. The van der Waals surface area contributed by atoms with Crippen molar-refractivity contribution in [2.45, 2.75) is 0 Å². The van der Waals surface area contributed by atoms with Crippen molar-refractivity contribution in [2.75, 3.05) is 9.62 Å². The van der Waals surface area contributed by atoms with E-state index in [0.717, 1.165) is 0 Å². The second-order valence-electron chi connectivity index (χ2n) is 8.56. The number of hydrogen-bond acceptors (Lipinski definition) is 2. The zero-order valence-corrected chi connectivity index (χ0v) is 22.3. The molecule has 5 heteroatoms. The molecule has 0 spiro atoms. The van der Waals surface area contributed by atoms with Gasteiger partial charge in [0.2, 0.25) is 0 Å². The summed E-state index contributed by atoms with van der Waals surface area (Å²) in [6.07, 6.45) is 0. The Morgan fingerprint density at radius 2 is 1.24 bits per heavy atom. The molecule has 0 aliphatic carbocycles. The molecule has 0 radical (unpaired) electrons. The number of benzene rings is 4. The first-order chi connectivity index (χ1) is 16.4. The second kappa shape index (κ2) is 7.05. The summed E-state index contributed by atoms with van der Waals surface area (Å²) in [6, 6.07) is 38.5. The first-order valence-electron chi connectivity index (χ1n) is 11.2. The molecule has 0 amide bonds. The van der Waals surface area contributed by atoms with Crippen LogP contribution in [0.4, 0.5) is 20.8 Å². The summed E-state index contributed by atoms with van der Waals surface area (Å²) >= 11 is -0.907. The van der Waals surface area contributed by atoms with Crippen LogP contribution in [0.3, 0.4) is 0 Å². The number of para-hydroxylation sites is 2. The van der Waals surface area contributed by atoms with E-state index in [1.54, 1.807) is 14.0 Å². The second-order valence-corrected chi connectivity index (χ2v) is 14.6. The predicted octanol–water partition coefficient (Wildman–Crippen LogP) is 5.77. The standard InChI is InChI=1S/C28H17BN2Te2/c1-2-10-18(11-3-1)30-26-21-14-6-9-17-24(21)33-28(26)31-22-15-7-4-12-19(22)25-20-13-5-8-16-23(20)32-27(25)29(30)31/h1-17H. The summed E-state index contributed by atoms with van der Waals surface area (Å²) in [5, 5.41) is 2.92. The fourth-order valence-corrected chi connectivity index (χ4v) is 12.7. The molecule has 154 valence electrons. The molecular weight excluding hydrogens is 630 g/mol. The zero-order chi connectivity index (χ0) is 21.5. The Balaban J connectivity index is 1.52. The van der Waals surface area contributed by atoms with Crippen LogP contribution in [-0.4, -0.2) is 47.8 Å². The molecule has 2 aliphatic rings. The van der Waals surface area contributed by atoms with Crippen LogP contribution in [0.1, 0.15) is 0 Å². The van der Waals surface area contributed by atoms with E-state index < -0.39 is 40.9 Å². The van der Waals surface area contributed by atoms with Crippen LogP contribution in [0.15, 0.2) is 103 Å². The molecule has 0 saturated carbocycles. The van der Waals surface area contributed by atoms with Crippen molar-refractivity contribution >= 4 is 89.7 Å². The minimum atomic E-state index is -0.459. The van der Waals surface area contributed by atoms with Crippen molar-refractivity contribution in [2.24, 2.45) is 0 Å². The number of anilines is 4. The molecule has 0 atom stereocenters. The molecule has 33 heavy (non-hydrogen) atoms. The Hall–Kier alpha value is -2.40. The van der Waals surface area contributed by atoms with Gasteiger partial charge in [-0.05, 0) is 0 Å². The molecule has 0 N–H and O–H groups in total. The van der Waals surface area contributed by atoms with Gasteiger partial charge in [0.25, 0.3) is 0 Å². The van der Waals surface area contributed by atoms with Crippen LogP contribution >= 0.6 is 0 Å². The van der Waals surface area contributed by atoms with Gasteiger partial charge < -0.3 is 0 Å². The van der Waals surface area contributed by atoms with E-state index in [1.807, 2.05) is 0 Å². The summed E-state index contributed by atoms with van der Waals surface area (Å²) in [7, 11) is 0. The van der Waals surface area contributed by atoms with Gasteiger partial charge in [-0.25, -0.2) is 0 Å². The van der Waals surface area contributed by atoms with Gasteiger partial charge in [0.05, 0.1) is 0 Å². The number of fused-ring (bicyclic) bond motifs is 12. The molecule has 0 unspecified atom stereocenters. The van der Waals surface area contributed by atoms with Gasteiger partial charge in [0.15, 0.2) is 0 Å². The maximum atomic E-state index is 2.73. The third-order valence-corrected chi connectivity index (χ3v) is 13.6. The van der Waals surface area contributed by atoms with Crippen LogP contribution in [0.5, 0.6) is 0 Å². The number of nitrogens with zero attached hydrogens (tertiary/aromatic N) is 2. The Labute approximate surface area is 212 Å². The molecule has 8 rings (SSSR count). The topological polar surface area (TPSA) is 6.48 Å². The molecule has 2 nitrogen and oxygen atoms in total. The maximum absolute atomic E-state index is 2.73. The van der Waals surface area contributed by atoms with Crippen LogP contribution in [0.2, 0.25) is 0 Å². The van der Waals surface area contributed by atoms with Crippen molar-refractivity contribution in [1.82, 2.24) is 0 Å². The average Bonchev–Trinajstić information content (AvgIpc) is 3.53. The van der Waals surface area contributed by atoms with Crippen LogP contribution < -0.4 is 13.1 Å². The van der Waals surface area contributed by atoms with E-state index >= 15 is 0 Å². The third kappa shape index (κ3) is 2.52. The van der Waals surface area contributed by atoms with Crippen molar-refractivity contribution in [3.8, 4) is 11.1 Å². The Kier molecular flexibility index (Phi) is 4.05. The molecule has 0 saturated heterocycles. The third-order valence-electron chi connectivity index (χ3n) is 6.82.